The Morgan fingerprint density at radius 2 is 2.05 bits per heavy atom. The molecule has 0 aromatic heterocycles. The zero-order chi connectivity index (χ0) is 16.5. The quantitative estimate of drug-likeness (QED) is 0.628. The predicted octanol–water partition coefficient (Wildman–Crippen LogP) is 2.64. The highest BCUT2D eigenvalue weighted by Gasteiger charge is 2.38. The van der Waals surface area contributed by atoms with E-state index in [4.69, 9.17) is 17.0 Å². The number of halogens is 3. The fraction of sp³-hybridized carbons (Fsp3) is 0.429. The number of hydrogen-bond acceptors (Lipinski definition) is 4. The first kappa shape index (κ1) is 16.5. The van der Waals surface area contributed by atoms with Gasteiger partial charge in [-0.3, -0.25) is 0 Å². The fourth-order valence-electron chi connectivity index (χ4n) is 2.24. The van der Waals surface area contributed by atoms with Crippen LogP contribution in [0.2, 0.25) is 0 Å². The lowest BCUT2D eigenvalue weighted by atomic mass is 10.0. The molecule has 1 aromatic rings. The van der Waals surface area contributed by atoms with E-state index in [-0.39, 0.29) is 16.3 Å². The van der Waals surface area contributed by atoms with E-state index in [1.165, 1.54) is 26.4 Å². The maximum Gasteiger partial charge on any atom is 0.419 e. The molecule has 2 rings (SSSR count). The Bertz CT molecular complexity index is 603. The topological polar surface area (TPSA) is 38.8 Å². The number of likely N-dealkylation sites (tertiary alicyclic amines) is 1. The number of rotatable bonds is 3. The Morgan fingerprint density at radius 3 is 2.50 bits per heavy atom. The third-order valence-electron chi connectivity index (χ3n) is 3.51. The number of carbonyl (C=O) groups is 1. The Hall–Kier alpha value is -1.83. The first-order valence-electron chi connectivity index (χ1n) is 6.43. The molecule has 4 nitrogen and oxygen atoms in total. The molecular weight excluding hydrogens is 319 g/mol. The standard InChI is InChI=1S/C14H14F3NO3S/c1-20-11-4-3-8(7-9(11)14(15,16)17)12(22)18-6-5-10(18)13(19)21-2/h3-4,7,10H,5-6H2,1-2H3/t10-/m1/s1. The van der Waals surface area contributed by atoms with Gasteiger partial charge in [0.1, 0.15) is 16.8 Å². The normalized spacial score (nSPS) is 17.7. The van der Waals surface area contributed by atoms with Crippen molar-refractivity contribution in [3.05, 3.63) is 29.3 Å². The summed E-state index contributed by atoms with van der Waals surface area (Å²) in [5.41, 5.74) is -0.679. The van der Waals surface area contributed by atoms with Crippen LogP contribution in [-0.4, -0.2) is 42.7 Å². The van der Waals surface area contributed by atoms with Crippen molar-refractivity contribution in [2.75, 3.05) is 20.8 Å². The number of alkyl halides is 3. The largest absolute Gasteiger partial charge is 0.496 e. The maximum atomic E-state index is 13.0. The van der Waals surface area contributed by atoms with Crippen molar-refractivity contribution in [1.29, 1.82) is 0 Å². The van der Waals surface area contributed by atoms with Gasteiger partial charge >= 0.3 is 12.1 Å². The third kappa shape index (κ3) is 3.01. The van der Waals surface area contributed by atoms with Gasteiger partial charge in [-0.05, 0) is 24.6 Å². The van der Waals surface area contributed by atoms with Gasteiger partial charge in [0, 0.05) is 12.1 Å². The summed E-state index contributed by atoms with van der Waals surface area (Å²) < 4.78 is 48.5. The van der Waals surface area contributed by atoms with E-state index in [0.29, 0.717) is 13.0 Å². The second-order valence-electron chi connectivity index (χ2n) is 4.74. The van der Waals surface area contributed by atoms with Crippen LogP contribution in [0, 0.1) is 0 Å². The molecule has 1 saturated heterocycles. The number of esters is 1. The third-order valence-corrected chi connectivity index (χ3v) is 3.98. The van der Waals surface area contributed by atoms with Gasteiger partial charge < -0.3 is 14.4 Å². The second-order valence-corrected chi connectivity index (χ2v) is 5.13. The fourth-order valence-corrected chi connectivity index (χ4v) is 2.59. The Morgan fingerprint density at radius 1 is 1.36 bits per heavy atom. The van der Waals surface area contributed by atoms with Gasteiger partial charge in [-0.25, -0.2) is 4.79 Å². The molecule has 22 heavy (non-hydrogen) atoms. The van der Waals surface area contributed by atoms with Crippen molar-refractivity contribution in [1.82, 2.24) is 4.90 Å². The van der Waals surface area contributed by atoms with Crippen molar-refractivity contribution in [2.24, 2.45) is 0 Å². The molecule has 1 aromatic carbocycles. The van der Waals surface area contributed by atoms with Crippen LogP contribution < -0.4 is 4.74 Å². The average molecular weight is 333 g/mol. The summed E-state index contributed by atoms with van der Waals surface area (Å²) in [4.78, 5) is 13.3. The maximum absolute atomic E-state index is 13.0. The first-order chi connectivity index (χ1) is 10.3. The average Bonchev–Trinajstić information content (AvgIpc) is 2.44. The van der Waals surface area contributed by atoms with E-state index in [1.807, 2.05) is 0 Å². The van der Waals surface area contributed by atoms with Crippen molar-refractivity contribution in [2.45, 2.75) is 18.6 Å². The van der Waals surface area contributed by atoms with Gasteiger partial charge in [-0.2, -0.15) is 13.2 Å². The SMILES string of the molecule is COC(=O)[C@H]1CCN1C(=S)c1ccc(OC)c(C(F)(F)F)c1. The highest BCUT2D eigenvalue weighted by atomic mass is 32.1. The molecule has 0 amide bonds. The van der Waals surface area contributed by atoms with Crippen molar-refractivity contribution < 1.29 is 27.4 Å². The molecule has 8 heteroatoms. The van der Waals surface area contributed by atoms with Gasteiger partial charge in [0.2, 0.25) is 0 Å². The molecule has 1 heterocycles. The first-order valence-corrected chi connectivity index (χ1v) is 6.84. The van der Waals surface area contributed by atoms with E-state index in [2.05, 4.69) is 4.74 Å². The van der Waals surface area contributed by atoms with Crippen LogP contribution in [0.3, 0.4) is 0 Å². The van der Waals surface area contributed by atoms with Crippen molar-refractivity contribution >= 4 is 23.2 Å². The molecule has 0 aliphatic carbocycles. The van der Waals surface area contributed by atoms with Gasteiger partial charge in [0.25, 0.3) is 0 Å². The van der Waals surface area contributed by atoms with E-state index in [1.54, 1.807) is 4.90 Å². The zero-order valence-electron chi connectivity index (χ0n) is 11.9. The molecule has 120 valence electrons. The zero-order valence-corrected chi connectivity index (χ0v) is 12.8. The molecule has 1 aliphatic rings. The van der Waals surface area contributed by atoms with Crippen molar-refractivity contribution in [3.63, 3.8) is 0 Å². The smallest absolute Gasteiger partial charge is 0.419 e. The summed E-state index contributed by atoms with van der Waals surface area (Å²) >= 11 is 5.21. The van der Waals surface area contributed by atoms with E-state index in [0.717, 1.165) is 6.07 Å². The van der Waals surface area contributed by atoms with Crippen LogP contribution in [0.15, 0.2) is 18.2 Å². The van der Waals surface area contributed by atoms with Crippen LogP contribution in [0.25, 0.3) is 0 Å². The van der Waals surface area contributed by atoms with Crippen molar-refractivity contribution in [3.8, 4) is 5.75 Å². The molecule has 0 spiro atoms. The lowest BCUT2D eigenvalue weighted by Gasteiger charge is -2.40. The molecule has 1 aliphatic heterocycles. The highest BCUT2D eigenvalue weighted by molar-refractivity contribution is 7.80. The molecule has 1 fully saturated rings. The summed E-state index contributed by atoms with van der Waals surface area (Å²) in [5, 5.41) is 0. The van der Waals surface area contributed by atoms with E-state index in [9.17, 15) is 18.0 Å². The van der Waals surface area contributed by atoms with Gasteiger partial charge in [-0.15, -0.1) is 0 Å². The lowest BCUT2D eigenvalue weighted by molar-refractivity contribution is -0.148. The summed E-state index contributed by atoms with van der Waals surface area (Å²) in [6.45, 7) is 0.506. The second kappa shape index (κ2) is 6.12. The summed E-state index contributed by atoms with van der Waals surface area (Å²) in [6, 6.07) is 3.07. The number of benzene rings is 1. The molecule has 1 atom stereocenters. The highest BCUT2D eigenvalue weighted by Crippen LogP contribution is 2.37. The predicted molar refractivity (Wildman–Crippen MR) is 76.8 cm³/mol. The number of nitrogens with zero attached hydrogens (tertiary/aromatic N) is 1. The van der Waals surface area contributed by atoms with Gasteiger partial charge in [0.15, 0.2) is 0 Å². The van der Waals surface area contributed by atoms with Gasteiger partial charge in [0.05, 0.1) is 19.8 Å². The Kier molecular flexibility index (Phi) is 4.60. The minimum Gasteiger partial charge on any atom is -0.496 e. The number of thiocarbonyl (C=S) groups is 1. The number of hydrogen-bond donors (Lipinski definition) is 0. The van der Waals surface area contributed by atoms with E-state index < -0.39 is 23.8 Å². The minimum absolute atomic E-state index is 0.190. The molecule has 0 bridgehead atoms. The Balaban J connectivity index is 2.30. The van der Waals surface area contributed by atoms with Crippen LogP contribution in [-0.2, 0) is 15.7 Å². The monoisotopic (exact) mass is 333 g/mol. The Labute approximate surface area is 130 Å². The lowest BCUT2D eigenvalue weighted by Crippen LogP contribution is -2.55. The van der Waals surface area contributed by atoms with Crippen LogP contribution >= 0.6 is 12.2 Å². The molecular formula is C14H14F3NO3S. The minimum atomic E-state index is -4.55. The van der Waals surface area contributed by atoms with Crippen LogP contribution in [0.5, 0.6) is 5.75 Å². The van der Waals surface area contributed by atoms with Crippen LogP contribution in [0.1, 0.15) is 17.5 Å². The van der Waals surface area contributed by atoms with Crippen LogP contribution in [0.4, 0.5) is 13.2 Å². The number of ether oxygens (including phenoxy) is 2. The van der Waals surface area contributed by atoms with E-state index >= 15 is 0 Å². The summed E-state index contributed by atoms with van der Waals surface area (Å²) in [5.74, 6) is -0.717. The number of methoxy groups -OCH3 is 2. The molecule has 0 unspecified atom stereocenters. The molecule has 0 saturated carbocycles. The molecule has 0 radical (unpaired) electrons. The number of carbonyl (C=O) groups excluding carboxylic acids is 1. The summed E-state index contributed by atoms with van der Waals surface area (Å²) in [7, 11) is 2.43. The summed E-state index contributed by atoms with van der Waals surface area (Å²) in [6.07, 6.45) is -3.98. The molecule has 0 N–H and O–H groups in total. The van der Waals surface area contributed by atoms with Gasteiger partial charge in [-0.1, -0.05) is 12.2 Å².